The largest absolute Gasteiger partial charge is 0.489 e. The van der Waals surface area contributed by atoms with E-state index in [1.54, 1.807) is 13.0 Å². The molecule has 3 rings (SSSR count). The standard InChI is InChI=1S/C19H20ClF3O2/c1-11(24)13-3-2-12-4-9-17(18(20)16(12)10-13)25-15-7-5-14(6-8-15)19(21,22)23/h2-4,9-11,14-15,24H,5-8H2,1H3/t11?,14-,15+. The summed E-state index contributed by atoms with van der Waals surface area (Å²) in [6.45, 7) is 1.68. The second-order valence-corrected chi connectivity index (χ2v) is 7.05. The van der Waals surface area contributed by atoms with Crippen molar-refractivity contribution in [2.45, 2.75) is 51.0 Å². The molecule has 0 saturated heterocycles. The first-order valence-electron chi connectivity index (χ1n) is 8.39. The highest BCUT2D eigenvalue weighted by Crippen LogP contribution is 2.40. The van der Waals surface area contributed by atoms with Gasteiger partial charge in [0.05, 0.1) is 23.1 Å². The van der Waals surface area contributed by atoms with Crippen LogP contribution in [-0.4, -0.2) is 17.4 Å². The van der Waals surface area contributed by atoms with Gasteiger partial charge in [-0.3, -0.25) is 0 Å². The van der Waals surface area contributed by atoms with E-state index < -0.39 is 18.2 Å². The number of aliphatic hydroxyl groups is 1. The van der Waals surface area contributed by atoms with Gasteiger partial charge in [-0.05, 0) is 55.7 Å². The molecular weight excluding hydrogens is 353 g/mol. The molecule has 2 aromatic carbocycles. The van der Waals surface area contributed by atoms with Gasteiger partial charge in [0.2, 0.25) is 0 Å². The van der Waals surface area contributed by atoms with Gasteiger partial charge in [-0.2, -0.15) is 13.2 Å². The van der Waals surface area contributed by atoms with Crippen LogP contribution in [-0.2, 0) is 0 Å². The number of benzene rings is 2. The number of alkyl halides is 3. The van der Waals surface area contributed by atoms with E-state index in [1.165, 1.54) is 0 Å². The highest BCUT2D eigenvalue weighted by atomic mass is 35.5. The molecule has 0 amide bonds. The Kier molecular flexibility index (Phi) is 5.16. The van der Waals surface area contributed by atoms with Crippen molar-refractivity contribution in [3.63, 3.8) is 0 Å². The molecule has 1 saturated carbocycles. The van der Waals surface area contributed by atoms with E-state index in [-0.39, 0.29) is 18.9 Å². The predicted molar refractivity (Wildman–Crippen MR) is 92.0 cm³/mol. The Hall–Kier alpha value is -1.46. The van der Waals surface area contributed by atoms with Crippen molar-refractivity contribution in [1.82, 2.24) is 0 Å². The molecule has 1 atom stereocenters. The Morgan fingerprint density at radius 2 is 1.76 bits per heavy atom. The third kappa shape index (κ3) is 4.04. The van der Waals surface area contributed by atoms with E-state index in [0.29, 0.717) is 23.6 Å². The lowest BCUT2D eigenvalue weighted by atomic mass is 9.87. The number of rotatable bonds is 3. The van der Waals surface area contributed by atoms with Gasteiger partial charge in [0.25, 0.3) is 0 Å². The van der Waals surface area contributed by atoms with Crippen LogP contribution in [0, 0.1) is 5.92 Å². The molecular formula is C19H20ClF3O2. The lowest BCUT2D eigenvalue weighted by molar-refractivity contribution is -0.185. The summed E-state index contributed by atoms with van der Waals surface area (Å²) in [6.07, 6.45) is -4.07. The van der Waals surface area contributed by atoms with Gasteiger partial charge in [-0.1, -0.05) is 29.8 Å². The fraction of sp³-hybridized carbons (Fsp3) is 0.474. The number of ether oxygens (including phenoxy) is 1. The number of hydrogen-bond acceptors (Lipinski definition) is 2. The maximum atomic E-state index is 12.8. The highest BCUT2D eigenvalue weighted by Gasteiger charge is 2.41. The van der Waals surface area contributed by atoms with Crippen LogP contribution in [0.2, 0.25) is 5.02 Å². The quantitative estimate of drug-likeness (QED) is 0.711. The molecule has 2 aromatic rings. The minimum atomic E-state index is -4.12. The Bertz CT molecular complexity index is 750. The van der Waals surface area contributed by atoms with Crippen LogP contribution in [0.15, 0.2) is 30.3 Å². The van der Waals surface area contributed by atoms with Crippen LogP contribution < -0.4 is 4.74 Å². The van der Waals surface area contributed by atoms with E-state index >= 15 is 0 Å². The van der Waals surface area contributed by atoms with Crippen LogP contribution in [0.25, 0.3) is 10.8 Å². The van der Waals surface area contributed by atoms with E-state index in [4.69, 9.17) is 16.3 Å². The Morgan fingerprint density at radius 1 is 1.12 bits per heavy atom. The minimum Gasteiger partial charge on any atom is -0.489 e. The summed E-state index contributed by atoms with van der Waals surface area (Å²) in [5.41, 5.74) is 0.747. The van der Waals surface area contributed by atoms with Crippen molar-refractivity contribution in [3.8, 4) is 5.75 Å². The Morgan fingerprint density at radius 3 is 2.36 bits per heavy atom. The molecule has 25 heavy (non-hydrogen) atoms. The van der Waals surface area contributed by atoms with Gasteiger partial charge in [0, 0.05) is 5.39 Å². The van der Waals surface area contributed by atoms with Crippen molar-refractivity contribution in [3.05, 3.63) is 40.9 Å². The normalized spacial score (nSPS) is 22.8. The Labute approximate surface area is 149 Å². The van der Waals surface area contributed by atoms with Gasteiger partial charge < -0.3 is 9.84 Å². The minimum absolute atomic E-state index is 0.0888. The van der Waals surface area contributed by atoms with Gasteiger partial charge in [-0.15, -0.1) is 0 Å². The molecule has 0 aromatic heterocycles. The molecule has 6 heteroatoms. The van der Waals surface area contributed by atoms with Crippen molar-refractivity contribution in [2.75, 3.05) is 0 Å². The predicted octanol–water partition coefficient (Wildman–Crippen LogP) is 6.05. The first-order valence-corrected chi connectivity index (χ1v) is 8.77. The first kappa shape index (κ1) is 18.3. The van der Waals surface area contributed by atoms with E-state index in [0.717, 1.165) is 16.3 Å². The molecule has 0 heterocycles. The molecule has 1 N–H and O–H groups in total. The summed E-state index contributed by atoms with van der Waals surface area (Å²) in [7, 11) is 0. The van der Waals surface area contributed by atoms with E-state index in [9.17, 15) is 18.3 Å². The van der Waals surface area contributed by atoms with E-state index in [1.807, 2.05) is 24.3 Å². The van der Waals surface area contributed by atoms with Crippen LogP contribution >= 0.6 is 11.6 Å². The highest BCUT2D eigenvalue weighted by molar-refractivity contribution is 6.37. The topological polar surface area (TPSA) is 29.5 Å². The zero-order chi connectivity index (χ0) is 18.2. The van der Waals surface area contributed by atoms with Crippen LogP contribution in [0.1, 0.15) is 44.3 Å². The van der Waals surface area contributed by atoms with Crippen LogP contribution in [0.3, 0.4) is 0 Å². The second kappa shape index (κ2) is 7.04. The lowest BCUT2D eigenvalue weighted by Gasteiger charge is -2.30. The molecule has 0 aliphatic heterocycles. The first-order chi connectivity index (χ1) is 11.8. The zero-order valence-corrected chi connectivity index (χ0v) is 14.6. The van der Waals surface area contributed by atoms with Crippen molar-refractivity contribution in [2.24, 2.45) is 5.92 Å². The van der Waals surface area contributed by atoms with Crippen molar-refractivity contribution >= 4 is 22.4 Å². The average Bonchev–Trinajstić information content (AvgIpc) is 2.57. The summed E-state index contributed by atoms with van der Waals surface area (Å²) in [5.74, 6) is -0.750. The van der Waals surface area contributed by atoms with Crippen LogP contribution in [0.5, 0.6) is 5.75 Å². The summed E-state index contributed by atoms with van der Waals surface area (Å²) in [5, 5.41) is 11.8. The van der Waals surface area contributed by atoms with Crippen molar-refractivity contribution < 1.29 is 23.0 Å². The van der Waals surface area contributed by atoms with Gasteiger partial charge in [-0.25, -0.2) is 0 Å². The third-order valence-corrected chi connectivity index (χ3v) is 5.25. The SMILES string of the molecule is CC(O)c1ccc2ccc(O[C@H]3CC[C@@H](C(F)(F)F)CC3)c(Cl)c2c1. The Balaban J connectivity index is 1.77. The number of aliphatic hydroxyl groups excluding tert-OH is 1. The lowest BCUT2D eigenvalue weighted by Crippen LogP contribution is -2.31. The van der Waals surface area contributed by atoms with Gasteiger partial charge in [0.1, 0.15) is 5.75 Å². The molecule has 1 aliphatic carbocycles. The van der Waals surface area contributed by atoms with E-state index in [2.05, 4.69) is 0 Å². The van der Waals surface area contributed by atoms with Crippen molar-refractivity contribution in [1.29, 1.82) is 0 Å². The summed E-state index contributed by atoms with van der Waals surface area (Å²) in [4.78, 5) is 0. The summed E-state index contributed by atoms with van der Waals surface area (Å²) in [6, 6.07) is 9.14. The maximum absolute atomic E-state index is 12.8. The fourth-order valence-electron chi connectivity index (χ4n) is 3.32. The maximum Gasteiger partial charge on any atom is 0.391 e. The molecule has 136 valence electrons. The second-order valence-electron chi connectivity index (χ2n) is 6.67. The fourth-order valence-corrected chi connectivity index (χ4v) is 3.59. The molecule has 1 aliphatic rings. The molecule has 0 radical (unpaired) electrons. The van der Waals surface area contributed by atoms with Gasteiger partial charge in [0.15, 0.2) is 0 Å². The zero-order valence-electron chi connectivity index (χ0n) is 13.8. The van der Waals surface area contributed by atoms with Crippen LogP contribution in [0.4, 0.5) is 13.2 Å². The molecule has 1 unspecified atom stereocenters. The summed E-state index contributed by atoms with van der Waals surface area (Å²) >= 11 is 6.45. The third-order valence-electron chi connectivity index (χ3n) is 4.86. The number of halogens is 4. The van der Waals surface area contributed by atoms with Gasteiger partial charge >= 0.3 is 6.18 Å². The average molecular weight is 373 g/mol. The molecule has 0 spiro atoms. The smallest absolute Gasteiger partial charge is 0.391 e. The monoisotopic (exact) mass is 372 g/mol. The molecule has 1 fully saturated rings. The number of hydrogen-bond donors (Lipinski definition) is 1. The number of fused-ring (bicyclic) bond motifs is 1. The molecule has 0 bridgehead atoms. The molecule has 2 nitrogen and oxygen atoms in total. The summed E-state index contributed by atoms with van der Waals surface area (Å²) < 4.78 is 44.2.